The Morgan fingerprint density at radius 1 is 1.00 bits per heavy atom. The third-order valence-electron chi connectivity index (χ3n) is 2.52. The molecule has 78 valence electrons. The molecule has 2 aromatic heterocycles. The minimum atomic E-state index is 0.879. The number of benzene rings is 1. The average Bonchev–Trinajstić information content (AvgIpc) is 2.73. The zero-order chi connectivity index (χ0) is 11.0. The van der Waals surface area contributed by atoms with E-state index < -0.39 is 0 Å². The van der Waals surface area contributed by atoms with Gasteiger partial charge in [0.05, 0.1) is 17.6 Å². The van der Waals surface area contributed by atoms with Crippen LogP contribution in [0.5, 0.6) is 0 Å². The van der Waals surface area contributed by atoms with E-state index in [0.717, 1.165) is 22.6 Å². The Balaban J connectivity index is 2.19. The summed E-state index contributed by atoms with van der Waals surface area (Å²) >= 11 is 0. The maximum atomic E-state index is 4.52. The molecule has 16 heavy (non-hydrogen) atoms. The third kappa shape index (κ3) is 1.46. The second-order valence-corrected chi connectivity index (χ2v) is 3.77. The maximum absolute atomic E-state index is 4.52. The molecular formula is C13H11N3. The van der Waals surface area contributed by atoms with Gasteiger partial charge in [0.2, 0.25) is 0 Å². The van der Waals surface area contributed by atoms with Crippen LogP contribution in [0.2, 0.25) is 0 Å². The number of aryl methyl sites for hydroxylation is 1. The standard InChI is InChI=1S/C13H11N3/c1-10-7-8-13-14-12(9-16(13)15-10)11-5-3-2-4-6-11/h2-9H,1H3. The second kappa shape index (κ2) is 3.45. The number of hydrogen-bond donors (Lipinski definition) is 0. The van der Waals surface area contributed by atoms with Crippen LogP contribution in [0.1, 0.15) is 5.69 Å². The molecule has 0 atom stereocenters. The molecule has 2 heterocycles. The van der Waals surface area contributed by atoms with Gasteiger partial charge in [-0.05, 0) is 19.1 Å². The predicted molar refractivity (Wildman–Crippen MR) is 63.2 cm³/mol. The monoisotopic (exact) mass is 209 g/mol. The minimum absolute atomic E-state index is 0.879. The van der Waals surface area contributed by atoms with Crippen molar-refractivity contribution in [3.05, 3.63) is 54.4 Å². The zero-order valence-corrected chi connectivity index (χ0v) is 8.96. The summed E-state index contributed by atoms with van der Waals surface area (Å²) in [7, 11) is 0. The van der Waals surface area contributed by atoms with Crippen molar-refractivity contribution in [3.8, 4) is 11.3 Å². The molecule has 3 rings (SSSR count). The van der Waals surface area contributed by atoms with Crippen molar-refractivity contribution in [1.29, 1.82) is 0 Å². The molecule has 3 nitrogen and oxygen atoms in total. The van der Waals surface area contributed by atoms with Crippen molar-refractivity contribution in [3.63, 3.8) is 0 Å². The second-order valence-electron chi connectivity index (χ2n) is 3.77. The quantitative estimate of drug-likeness (QED) is 0.616. The van der Waals surface area contributed by atoms with E-state index in [1.54, 1.807) is 0 Å². The highest BCUT2D eigenvalue weighted by Gasteiger charge is 2.03. The maximum Gasteiger partial charge on any atom is 0.154 e. The smallest absolute Gasteiger partial charge is 0.154 e. The first-order valence-corrected chi connectivity index (χ1v) is 5.21. The van der Waals surface area contributed by atoms with Gasteiger partial charge < -0.3 is 0 Å². The molecule has 0 saturated carbocycles. The van der Waals surface area contributed by atoms with Crippen LogP contribution in [0, 0.1) is 6.92 Å². The first-order chi connectivity index (χ1) is 7.83. The van der Waals surface area contributed by atoms with E-state index in [1.165, 1.54) is 0 Å². The molecule has 3 aromatic rings. The van der Waals surface area contributed by atoms with E-state index in [9.17, 15) is 0 Å². The highest BCUT2D eigenvalue weighted by molar-refractivity contribution is 5.61. The van der Waals surface area contributed by atoms with Crippen LogP contribution in [0.3, 0.4) is 0 Å². The zero-order valence-electron chi connectivity index (χ0n) is 8.96. The van der Waals surface area contributed by atoms with Crippen LogP contribution in [0.25, 0.3) is 16.9 Å². The normalized spacial score (nSPS) is 10.8. The molecule has 0 aliphatic heterocycles. The predicted octanol–water partition coefficient (Wildman–Crippen LogP) is 2.70. The fourth-order valence-corrected chi connectivity index (χ4v) is 1.73. The fraction of sp³-hybridized carbons (Fsp3) is 0.0769. The Bertz CT molecular complexity index is 626. The molecule has 0 N–H and O–H groups in total. The van der Waals surface area contributed by atoms with E-state index in [0.29, 0.717) is 0 Å². The van der Waals surface area contributed by atoms with E-state index in [2.05, 4.69) is 22.2 Å². The van der Waals surface area contributed by atoms with E-state index in [4.69, 9.17) is 0 Å². The molecule has 0 bridgehead atoms. The molecule has 0 aliphatic rings. The van der Waals surface area contributed by atoms with Crippen molar-refractivity contribution in [1.82, 2.24) is 14.6 Å². The van der Waals surface area contributed by atoms with Crippen LogP contribution < -0.4 is 0 Å². The van der Waals surface area contributed by atoms with Crippen molar-refractivity contribution in [2.24, 2.45) is 0 Å². The fourth-order valence-electron chi connectivity index (χ4n) is 1.73. The summed E-state index contributed by atoms with van der Waals surface area (Å²) in [4.78, 5) is 4.52. The summed E-state index contributed by atoms with van der Waals surface area (Å²) in [6.45, 7) is 1.97. The Labute approximate surface area is 93.4 Å². The molecule has 3 heteroatoms. The molecule has 0 radical (unpaired) electrons. The number of imidazole rings is 1. The van der Waals surface area contributed by atoms with Gasteiger partial charge in [0.15, 0.2) is 5.65 Å². The number of hydrogen-bond acceptors (Lipinski definition) is 2. The SMILES string of the molecule is Cc1ccc2nc(-c3ccccc3)cn2n1. The van der Waals surface area contributed by atoms with Gasteiger partial charge in [-0.2, -0.15) is 5.10 Å². The average molecular weight is 209 g/mol. The molecule has 0 amide bonds. The largest absolute Gasteiger partial charge is 0.227 e. The van der Waals surface area contributed by atoms with Gasteiger partial charge in [-0.3, -0.25) is 0 Å². The van der Waals surface area contributed by atoms with Gasteiger partial charge in [-0.25, -0.2) is 9.50 Å². The van der Waals surface area contributed by atoms with Gasteiger partial charge in [0.25, 0.3) is 0 Å². The highest BCUT2D eigenvalue weighted by Crippen LogP contribution is 2.17. The summed E-state index contributed by atoms with van der Waals surface area (Å²) < 4.78 is 1.82. The van der Waals surface area contributed by atoms with Gasteiger partial charge >= 0.3 is 0 Å². The highest BCUT2D eigenvalue weighted by atomic mass is 15.2. The van der Waals surface area contributed by atoms with Crippen LogP contribution in [-0.2, 0) is 0 Å². The number of fused-ring (bicyclic) bond motifs is 1. The Kier molecular flexibility index (Phi) is 1.96. The number of rotatable bonds is 1. The lowest BCUT2D eigenvalue weighted by molar-refractivity contribution is 0.901. The lowest BCUT2D eigenvalue weighted by atomic mass is 10.2. The van der Waals surface area contributed by atoms with Crippen LogP contribution in [0.15, 0.2) is 48.7 Å². The lowest BCUT2D eigenvalue weighted by Gasteiger charge is -1.92. The van der Waals surface area contributed by atoms with Crippen molar-refractivity contribution in [2.75, 3.05) is 0 Å². The molecule has 1 aromatic carbocycles. The summed E-state index contributed by atoms with van der Waals surface area (Å²) in [6.07, 6.45) is 1.96. The van der Waals surface area contributed by atoms with Gasteiger partial charge in [-0.15, -0.1) is 0 Å². The van der Waals surface area contributed by atoms with Gasteiger partial charge in [-0.1, -0.05) is 30.3 Å². The molecule has 0 unspecified atom stereocenters. The number of nitrogens with zero attached hydrogens (tertiary/aromatic N) is 3. The summed E-state index contributed by atoms with van der Waals surface area (Å²) in [5.74, 6) is 0. The van der Waals surface area contributed by atoms with Crippen LogP contribution >= 0.6 is 0 Å². The molecule has 0 fully saturated rings. The van der Waals surface area contributed by atoms with Gasteiger partial charge in [0, 0.05) is 5.56 Å². The molecule has 0 saturated heterocycles. The topological polar surface area (TPSA) is 30.2 Å². The van der Waals surface area contributed by atoms with E-state index >= 15 is 0 Å². The molecule has 0 spiro atoms. The summed E-state index contributed by atoms with van der Waals surface area (Å²) in [5, 5.41) is 4.38. The Morgan fingerprint density at radius 3 is 2.62 bits per heavy atom. The summed E-state index contributed by atoms with van der Waals surface area (Å²) in [6, 6.07) is 14.1. The van der Waals surface area contributed by atoms with Gasteiger partial charge in [0.1, 0.15) is 0 Å². The minimum Gasteiger partial charge on any atom is -0.227 e. The van der Waals surface area contributed by atoms with Crippen LogP contribution in [0.4, 0.5) is 0 Å². The third-order valence-corrected chi connectivity index (χ3v) is 2.52. The first kappa shape index (κ1) is 9.09. The molecule has 0 aliphatic carbocycles. The Hall–Kier alpha value is -2.16. The Morgan fingerprint density at radius 2 is 1.81 bits per heavy atom. The molecular weight excluding hydrogens is 198 g/mol. The number of aromatic nitrogens is 3. The van der Waals surface area contributed by atoms with Crippen LogP contribution in [-0.4, -0.2) is 14.6 Å². The van der Waals surface area contributed by atoms with E-state index in [-0.39, 0.29) is 0 Å². The van der Waals surface area contributed by atoms with Crippen molar-refractivity contribution < 1.29 is 0 Å². The summed E-state index contributed by atoms with van der Waals surface area (Å²) in [5.41, 5.74) is 3.94. The first-order valence-electron chi connectivity index (χ1n) is 5.21. The lowest BCUT2D eigenvalue weighted by Crippen LogP contribution is -1.91. The van der Waals surface area contributed by atoms with Crippen molar-refractivity contribution >= 4 is 5.65 Å². The van der Waals surface area contributed by atoms with Crippen molar-refractivity contribution in [2.45, 2.75) is 6.92 Å². The van der Waals surface area contributed by atoms with E-state index in [1.807, 2.05) is 48.0 Å².